The summed E-state index contributed by atoms with van der Waals surface area (Å²) >= 11 is 0. The van der Waals surface area contributed by atoms with E-state index >= 15 is 0 Å². The van der Waals surface area contributed by atoms with Crippen LogP contribution in [0, 0.1) is 21.4 Å². The molecule has 0 N–H and O–H groups in total. The highest BCUT2D eigenvalue weighted by atomic mass is 16.6. The van der Waals surface area contributed by atoms with Gasteiger partial charge in [0.2, 0.25) is 0 Å². The summed E-state index contributed by atoms with van der Waals surface area (Å²) in [5.74, 6) is -0.232. The maximum absolute atomic E-state index is 11.7. The molecule has 0 heterocycles. The molecule has 0 unspecified atom stereocenters. The maximum Gasteiger partial charge on any atom is 0.336 e. The topological polar surface area (TPSA) is 93.2 Å². The number of hydrogen-bond acceptors (Lipinski definition) is 5. The van der Waals surface area contributed by atoms with Crippen LogP contribution in [0.15, 0.2) is 54.6 Å². The minimum atomic E-state index is -0.593. The van der Waals surface area contributed by atoms with Crippen LogP contribution in [0.25, 0.3) is 6.08 Å². The quantitative estimate of drug-likeness (QED) is 0.278. The van der Waals surface area contributed by atoms with Gasteiger partial charge in [-0.1, -0.05) is 24.3 Å². The van der Waals surface area contributed by atoms with Gasteiger partial charge in [0.25, 0.3) is 5.69 Å². The number of nitriles is 1. The van der Waals surface area contributed by atoms with Gasteiger partial charge >= 0.3 is 5.97 Å². The van der Waals surface area contributed by atoms with Crippen molar-refractivity contribution < 1.29 is 14.5 Å². The molecule has 6 nitrogen and oxygen atoms in total. The Morgan fingerprint density at radius 3 is 2.65 bits per heavy atom. The molecule has 0 fully saturated rings. The Labute approximate surface area is 132 Å². The molecule has 0 aliphatic rings. The van der Waals surface area contributed by atoms with Gasteiger partial charge in [-0.15, -0.1) is 0 Å². The van der Waals surface area contributed by atoms with Crippen LogP contribution < -0.4 is 4.74 Å². The van der Waals surface area contributed by atoms with E-state index < -0.39 is 10.9 Å². The molecule has 0 saturated heterocycles. The zero-order chi connectivity index (χ0) is 16.7. The van der Waals surface area contributed by atoms with Crippen molar-refractivity contribution in [2.45, 2.75) is 6.42 Å². The number of esters is 1. The minimum absolute atomic E-state index is 0.0476. The van der Waals surface area contributed by atoms with Gasteiger partial charge in [0.15, 0.2) is 0 Å². The maximum atomic E-state index is 11.7. The summed E-state index contributed by atoms with van der Waals surface area (Å²) in [4.78, 5) is 21.9. The van der Waals surface area contributed by atoms with Crippen molar-refractivity contribution in [1.82, 2.24) is 0 Å². The van der Waals surface area contributed by atoms with Crippen molar-refractivity contribution >= 4 is 17.7 Å². The molecule has 0 saturated carbocycles. The number of carbonyl (C=O) groups excluding carboxylic acids is 1. The van der Waals surface area contributed by atoms with Crippen LogP contribution in [0.5, 0.6) is 5.75 Å². The van der Waals surface area contributed by atoms with Crippen molar-refractivity contribution in [3.63, 3.8) is 0 Å². The van der Waals surface area contributed by atoms with E-state index in [0.717, 1.165) is 5.56 Å². The third kappa shape index (κ3) is 4.79. The first-order chi connectivity index (χ1) is 11.1. The monoisotopic (exact) mass is 308 g/mol. The number of ether oxygens (including phenoxy) is 1. The summed E-state index contributed by atoms with van der Waals surface area (Å²) in [6.45, 7) is 0. The van der Waals surface area contributed by atoms with Crippen LogP contribution >= 0.6 is 0 Å². The Bertz CT molecular complexity index is 789. The number of carbonyl (C=O) groups is 1. The number of non-ortho nitro benzene ring substituents is 1. The van der Waals surface area contributed by atoms with Gasteiger partial charge in [-0.3, -0.25) is 10.1 Å². The average Bonchev–Trinajstić information content (AvgIpc) is 2.55. The third-order valence-electron chi connectivity index (χ3n) is 2.92. The molecule has 0 atom stereocenters. The molecule has 0 aromatic heterocycles. The predicted octanol–water partition coefficient (Wildman–Crippen LogP) is 3.28. The molecule has 2 aromatic carbocycles. The Morgan fingerprint density at radius 1 is 1.26 bits per heavy atom. The lowest BCUT2D eigenvalue weighted by molar-refractivity contribution is -0.384. The molecule has 23 heavy (non-hydrogen) atoms. The van der Waals surface area contributed by atoms with E-state index in [1.54, 1.807) is 30.3 Å². The zero-order valence-corrected chi connectivity index (χ0v) is 12.0. The molecule has 0 spiro atoms. The van der Waals surface area contributed by atoms with Gasteiger partial charge in [-0.25, -0.2) is 4.79 Å². The highest BCUT2D eigenvalue weighted by molar-refractivity contribution is 5.88. The second kappa shape index (κ2) is 7.52. The highest BCUT2D eigenvalue weighted by Crippen LogP contribution is 2.15. The predicted molar refractivity (Wildman–Crippen MR) is 83.5 cm³/mol. The molecule has 0 amide bonds. The standard InChI is InChI=1S/C17H12N2O4/c18-11-10-13-4-7-16(8-5-13)23-17(20)9-6-14-2-1-3-15(12-14)19(21)22/h1-9,12H,10H2/b9-6+. The van der Waals surface area contributed by atoms with Crippen molar-refractivity contribution in [3.05, 3.63) is 75.8 Å². The summed E-state index contributed by atoms with van der Waals surface area (Å²) in [7, 11) is 0. The lowest BCUT2D eigenvalue weighted by Gasteiger charge is -2.02. The minimum Gasteiger partial charge on any atom is -0.423 e. The Kier molecular flexibility index (Phi) is 5.21. The molecular formula is C17H12N2O4. The fraction of sp³-hybridized carbons (Fsp3) is 0.0588. The van der Waals surface area contributed by atoms with Gasteiger partial charge < -0.3 is 4.74 Å². The smallest absolute Gasteiger partial charge is 0.336 e. The van der Waals surface area contributed by atoms with E-state index in [-0.39, 0.29) is 5.69 Å². The third-order valence-corrected chi connectivity index (χ3v) is 2.92. The number of nitro groups is 1. The van der Waals surface area contributed by atoms with E-state index in [4.69, 9.17) is 10.00 Å². The molecule has 0 bridgehead atoms. The zero-order valence-electron chi connectivity index (χ0n) is 12.0. The lowest BCUT2D eigenvalue weighted by atomic mass is 10.2. The molecule has 6 heteroatoms. The summed E-state index contributed by atoms with van der Waals surface area (Å²) in [5.41, 5.74) is 1.31. The van der Waals surface area contributed by atoms with Crippen LogP contribution in [0.4, 0.5) is 5.69 Å². The average molecular weight is 308 g/mol. The van der Waals surface area contributed by atoms with Crippen LogP contribution in [0.1, 0.15) is 11.1 Å². The summed E-state index contributed by atoms with van der Waals surface area (Å²) in [6.07, 6.45) is 2.93. The molecule has 2 aromatic rings. The summed E-state index contributed by atoms with van der Waals surface area (Å²) in [6, 6.07) is 14.6. The van der Waals surface area contributed by atoms with Gasteiger partial charge in [-0.2, -0.15) is 5.26 Å². The molecule has 2 rings (SSSR count). The van der Waals surface area contributed by atoms with Crippen molar-refractivity contribution in [2.24, 2.45) is 0 Å². The Morgan fingerprint density at radius 2 is 2.00 bits per heavy atom. The van der Waals surface area contributed by atoms with Crippen molar-refractivity contribution in [1.29, 1.82) is 5.26 Å². The van der Waals surface area contributed by atoms with Gasteiger partial charge in [0.1, 0.15) is 5.75 Å². The molecule has 114 valence electrons. The van der Waals surface area contributed by atoms with E-state index in [9.17, 15) is 14.9 Å². The summed E-state index contributed by atoms with van der Waals surface area (Å²) < 4.78 is 5.10. The lowest BCUT2D eigenvalue weighted by Crippen LogP contribution is -2.03. The number of nitrogens with zero attached hydrogens (tertiary/aromatic N) is 2. The molecule has 0 aliphatic carbocycles. The Hall–Kier alpha value is -3.46. The van der Waals surface area contributed by atoms with Crippen LogP contribution in [-0.4, -0.2) is 10.9 Å². The molecular weight excluding hydrogens is 296 g/mol. The van der Waals surface area contributed by atoms with Gasteiger partial charge in [0.05, 0.1) is 17.4 Å². The van der Waals surface area contributed by atoms with E-state index in [0.29, 0.717) is 17.7 Å². The van der Waals surface area contributed by atoms with Crippen LogP contribution in [0.3, 0.4) is 0 Å². The largest absolute Gasteiger partial charge is 0.423 e. The number of nitro benzene ring substituents is 1. The highest BCUT2D eigenvalue weighted by Gasteiger charge is 2.05. The fourth-order valence-electron chi connectivity index (χ4n) is 1.82. The second-order valence-corrected chi connectivity index (χ2v) is 4.59. The molecule has 0 radical (unpaired) electrons. The first kappa shape index (κ1) is 15.9. The van der Waals surface area contributed by atoms with Crippen LogP contribution in [-0.2, 0) is 11.2 Å². The Balaban J connectivity index is 2.00. The number of benzene rings is 2. The normalized spacial score (nSPS) is 10.2. The molecule has 0 aliphatic heterocycles. The van der Waals surface area contributed by atoms with Crippen molar-refractivity contribution in [2.75, 3.05) is 0 Å². The van der Waals surface area contributed by atoms with E-state index in [1.807, 2.05) is 6.07 Å². The van der Waals surface area contributed by atoms with Crippen molar-refractivity contribution in [3.8, 4) is 11.8 Å². The number of rotatable bonds is 5. The van der Waals surface area contributed by atoms with Gasteiger partial charge in [-0.05, 0) is 29.3 Å². The number of hydrogen-bond donors (Lipinski definition) is 0. The van der Waals surface area contributed by atoms with E-state index in [2.05, 4.69) is 0 Å². The first-order valence-corrected chi connectivity index (χ1v) is 6.69. The fourth-order valence-corrected chi connectivity index (χ4v) is 1.82. The summed E-state index contributed by atoms with van der Waals surface area (Å²) in [5, 5.41) is 19.3. The van der Waals surface area contributed by atoms with E-state index in [1.165, 1.54) is 30.4 Å². The SMILES string of the molecule is N#CCc1ccc(OC(=O)/C=C/c2cccc([N+](=O)[O-])c2)cc1. The van der Waals surface area contributed by atoms with Crippen LogP contribution in [0.2, 0.25) is 0 Å². The first-order valence-electron chi connectivity index (χ1n) is 6.69. The van der Waals surface area contributed by atoms with Gasteiger partial charge in [0, 0.05) is 18.2 Å². The second-order valence-electron chi connectivity index (χ2n) is 4.59.